The highest BCUT2D eigenvalue weighted by Crippen LogP contribution is 2.39. The molecule has 2 atom stereocenters. The van der Waals surface area contributed by atoms with Gasteiger partial charge in [0.05, 0.1) is 17.3 Å². The zero-order chi connectivity index (χ0) is 20.1. The summed E-state index contributed by atoms with van der Waals surface area (Å²) < 4.78 is 52.6. The molecule has 0 unspecified atom stereocenters. The minimum absolute atomic E-state index is 0. The first-order chi connectivity index (χ1) is 13.2. The zero-order valence-corrected chi connectivity index (χ0v) is 16.4. The Bertz CT molecular complexity index is 936. The number of aromatic nitrogens is 1. The largest absolute Gasteiger partial charge is 0.416 e. The zero-order valence-electron chi connectivity index (χ0n) is 15.6. The van der Waals surface area contributed by atoms with Gasteiger partial charge in [0.2, 0.25) is 5.91 Å². The Morgan fingerprint density at radius 1 is 1.21 bits per heavy atom. The van der Waals surface area contributed by atoms with Gasteiger partial charge in [-0.1, -0.05) is 6.07 Å². The third-order valence-electron chi connectivity index (χ3n) is 5.69. The van der Waals surface area contributed by atoms with Crippen molar-refractivity contribution in [2.45, 2.75) is 37.0 Å². The highest BCUT2D eigenvalue weighted by atomic mass is 35.5. The first kappa shape index (κ1) is 21.5. The van der Waals surface area contributed by atoms with Crippen LogP contribution in [0.1, 0.15) is 36.6 Å². The van der Waals surface area contributed by atoms with Gasteiger partial charge in [0.15, 0.2) is 0 Å². The quantitative estimate of drug-likeness (QED) is 0.722. The van der Waals surface area contributed by atoms with Gasteiger partial charge in [-0.25, -0.2) is 4.39 Å². The highest BCUT2D eigenvalue weighted by molar-refractivity contribution is 5.88. The monoisotopic (exact) mass is 429 g/mol. The first-order valence-corrected chi connectivity index (χ1v) is 9.06. The van der Waals surface area contributed by atoms with E-state index >= 15 is 0 Å². The standard InChI is InChI=1S/C20H19F4N3O.ClH/c1-27-9-7-19(18(27)28)6-4-16(26-19)17-10-12(5-8-25-17)14-3-2-13(11-15(14)21)20(22,23)24;/h2-3,5,8,10-11,16,26H,4,6-7,9H2,1H3;1H/t16-,19+;/m1./s1. The van der Waals surface area contributed by atoms with Gasteiger partial charge in [-0.3, -0.25) is 15.1 Å². The van der Waals surface area contributed by atoms with E-state index in [9.17, 15) is 22.4 Å². The molecule has 2 fully saturated rings. The van der Waals surface area contributed by atoms with Crippen molar-refractivity contribution in [1.82, 2.24) is 15.2 Å². The van der Waals surface area contributed by atoms with E-state index in [1.807, 2.05) is 0 Å². The summed E-state index contributed by atoms with van der Waals surface area (Å²) in [5.41, 5.74) is -0.409. The number of carbonyl (C=O) groups excluding carboxylic acids is 1. The number of amides is 1. The number of pyridine rings is 1. The Balaban J connectivity index is 0.00000240. The van der Waals surface area contributed by atoms with Gasteiger partial charge in [-0.05, 0) is 49.1 Å². The number of alkyl halides is 3. The van der Waals surface area contributed by atoms with Crippen LogP contribution in [0.25, 0.3) is 11.1 Å². The van der Waals surface area contributed by atoms with Crippen LogP contribution in [0.5, 0.6) is 0 Å². The van der Waals surface area contributed by atoms with Crippen LogP contribution >= 0.6 is 12.4 Å². The fourth-order valence-corrected chi connectivity index (χ4v) is 4.12. The van der Waals surface area contributed by atoms with Gasteiger partial charge in [-0.15, -0.1) is 12.4 Å². The Hall–Kier alpha value is -2.19. The predicted octanol–water partition coefficient (Wildman–Crippen LogP) is 4.35. The maximum atomic E-state index is 14.3. The SMILES string of the molecule is CN1CC[C@@]2(CC[C@H](c3cc(-c4ccc(C(F)(F)F)cc4F)ccn3)N2)C1=O.Cl. The predicted molar refractivity (Wildman–Crippen MR) is 102 cm³/mol. The molecule has 29 heavy (non-hydrogen) atoms. The summed E-state index contributed by atoms with van der Waals surface area (Å²) in [6.07, 6.45) is -0.943. The molecule has 2 aliphatic rings. The van der Waals surface area contributed by atoms with Crippen molar-refractivity contribution in [1.29, 1.82) is 0 Å². The van der Waals surface area contributed by atoms with Crippen LogP contribution in [0.4, 0.5) is 17.6 Å². The molecule has 2 aromatic rings. The van der Waals surface area contributed by atoms with Crippen molar-refractivity contribution in [2.75, 3.05) is 13.6 Å². The Kier molecular flexibility index (Phi) is 5.62. The van der Waals surface area contributed by atoms with Crippen LogP contribution in [-0.4, -0.2) is 34.9 Å². The minimum atomic E-state index is -4.59. The molecule has 0 bridgehead atoms. The van der Waals surface area contributed by atoms with Crippen LogP contribution in [0.3, 0.4) is 0 Å². The summed E-state index contributed by atoms with van der Waals surface area (Å²) in [5.74, 6) is -0.865. The van der Waals surface area contributed by atoms with Gasteiger partial charge in [0.25, 0.3) is 0 Å². The molecule has 1 aromatic heterocycles. The summed E-state index contributed by atoms with van der Waals surface area (Å²) in [6.45, 7) is 0.697. The van der Waals surface area contributed by atoms with Crippen LogP contribution in [0, 0.1) is 5.82 Å². The number of likely N-dealkylation sites (N-methyl/N-ethyl adjacent to an activating group) is 1. The van der Waals surface area contributed by atoms with Gasteiger partial charge >= 0.3 is 6.18 Å². The number of halogens is 5. The highest BCUT2D eigenvalue weighted by Gasteiger charge is 2.50. The second kappa shape index (κ2) is 7.57. The molecule has 4 rings (SSSR count). The summed E-state index contributed by atoms with van der Waals surface area (Å²) >= 11 is 0. The van der Waals surface area contributed by atoms with E-state index < -0.39 is 23.1 Å². The molecule has 1 aromatic carbocycles. The number of nitrogens with one attached hydrogen (secondary N) is 1. The lowest BCUT2D eigenvalue weighted by Crippen LogP contribution is -2.47. The van der Waals surface area contributed by atoms with Gasteiger partial charge in [-0.2, -0.15) is 13.2 Å². The Morgan fingerprint density at radius 3 is 2.59 bits per heavy atom. The molecule has 1 N–H and O–H groups in total. The molecule has 2 saturated heterocycles. The summed E-state index contributed by atoms with van der Waals surface area (Å²) in [7, 11) is 1.78. The smallest absolute Gasteiger partial charge is 0.344 e. The van der Waals surface area contributed by atoms with Crippen molar-refractivity contribution >= 4 is 18.3 Å². The van der Waals surface area contributed by atoms with Crippen LogP contribution in [0.2, 0.25) is 0 Å². The van der Waals surface area contributed by atoms with Crippen LogP contribution < -0.4 is 5.32 Å². The normalized spacial score (nSPS) is 24.2. The lowest BCUT2D eigenvalue weighted by Gasteiger charge is -2.23. The van der Waals surface area contributed by atoms with E-state index in [2.05, 4.69) is 10.3 Å². The molecule has 9 heteroatoms. The van der Waals surface area contributed by atoms with Gasteiger partial charge < -0.3 is 4.90 Å². The summed E-state index contributed by atoms with van der Waals surface area (Å²) in [6, 6.07) is 5.59. The first-order valence-electron chi connectivity index (χ1n) is 9.06. The average Bonchev–Trinajstić information content (AvgIpc) is 3.21. The summed E-state index contributed by atoms with van der Waals surface area (Å²) in [4.78, 5) is 18.5. The fourth-order valence-electron chi connectivity index (χ4n) is 4.12. The Morgan fingerprint density at radius 2 is 1.97 bits per heavy atom. The molecular formula is C20H20ClF4N3O. The fraction of sp³-hybridized carbons (Fsp3) is 0.400. The van der Waals surface area contributed by atoms with E-state index in [1.165, 1.54) is 6.20 Å². The van der Waals surface area contributed by atoms with Crippen molar-refractivity contribution in [3.8, 4) is 11.1 Å². The number of nitrogens with zero attached hydrogens (tertiary/aromatic N) is 2. The molecule has 0 aliphatic carbocycles. The molecule has 156 valence electrons. The number of likely N-dealkylation sites (tertiary alicyclic amines) is 1. The maximum Gasteiger partial charge on any atom is 0.416 e. The number of hydrogen-bond acceptors (Lipinski definition) is 3. The molecule has 0 radical (unpaired) electrons. The molecule has 0 saturated carbocycles. The van der Waals surface area contributed by atoms with Crippen molar-refractivity contribution < 1.29 is 22.4 Å². The average molecular weight is 430 g/mol. The topological polar surface area (TPSA) is 45.2 Å². The number of carbonyl (C=O) groups is 1. The van der Waals surface area contributed by atoms with Gasteiger partial charge in [0.1, 0.15) is 11.4 Å². The lowest BCUT2D eigenvalue weighted by atomic mass is 9.96. The van der Waals surface area contributed by atoms with E-state index in [0.29, 0.717) is 36.7 Å². The van der Waals surface area contributed by atoms with Crippen molar-refractivity contribution in [3.63, 3.8) is 0 Å². The minimum Gasteiger partial charge on any atom is -0.344 e. The third-order valence-corrected chi connectivity index (χ3v) is 5.69. The summed E-state index contributed by atoms with van der Waals surface area (Å²) in [5, 5.41) is 3.39. The van der Waals surface area contributed by atoms with E-state index in [0.717, 1.165) is 18.6 Å². The molecule has 2 aliphatic heterocycles. The second-order valence-corrected chi connectivity index (χ2v) is 7.46. The molecule has 1 amide bonds. The Labute approximate surface area is 171 Å². The van der Waals surface area contributed by atoms with Crippen molar-refractivity contribution in [3.05, 3.63) is 53.6 Å². The van der Waals surface area contributed by atoms with Crippen LogP contribution in [0.15, 0.2) is 36.5 Å². The van der Waals surface area contributed by atoms with E-state index in [-0.39, 0.29) is 29.9 Å². The van der Waals surface area contributed by atoms with Crippen LogP contribution in [-0.2, 0) is 11.0 Å². The second-order valence-electron chi connectivity index (χ2n) is 7.46. The molecule has 1 spiro atoms. The number of rotatable bonds is 2. The van der Waals surface area contributed by atoms with E-state index in [1.54, 1.807) is 24.1 Å². The molecule has 4 nitrogen and oxygen atoms in total. The lowest BCUT2D eigenvalue weighted by molar-refractivity contribution is -0.137. The maximum absolute atomic E-state index is 14.3. The number of hydrogen-bond donors (Lipinski definition) is 1. The van der Waals surface area contributed by atoms with Gasteiger partial charge in [0, 0.05) is 25.4 Å². The molecular weight excluding hydrogens is 410 g/mol. The third kappa shape index (κ3) is 3.83. The molecule has 3 heterocycles. The van der Waals surface area contributed by atoms with Crippen molar-refractivity contribution in [2.24, 2.45) is 0 Å². The van der Waals surface area contributed by atoms with E-state index in [4.69, 9.17) is 0 Å². The number of benzene rings is 1.